The zero-order valence-electron chi connectivity index (χ0n) is 21.1. The van der Waals surface area contributed by atoms with Gasteiger partial charge in [0, 0.05) is 29.8 Å². The third-order valence-corrected chi connectivity index (χ3v) is 6.84. The van der Waals surface area contributed by atoms with Gasteiger partial charge in [-0.2, -0.15) is 4.36 Å². The molecule has 0 radical (unpaired) electrons. The Kier molecular flexibility index (Phi) is 8.88. The van der Waals surface area contributed by atoms with E-state index in [2.05, 4.69) is 15.0 Å². The summed E-state index contributed by atoms with van der Waals surface area (Å²) in [7, 11) is -3.05. The number of benzene rings is 3. The summed E-state index contributed by atoms with van der Waals surface area (Å²) in [5.41, 5.74) is 2.11. The van der Waals surface area contributed by atoms with Crippen LogP contribution < -0.4 is 10.6 Å². The normalized spacial score (nSPS) is 13.7. The van der Waals surface area contributed by atoms with Crippen molar-refractivity contribution in [3.8, 4) is 0 Å². The highest BCUT2D eigenvalue weighted by Crippen LogP contribution is 2.18. The van der Waals surface area contributed by atoms with Gasteiger partial charge in [-0.15, -0.1) is 0 Å². The molecule has 3 aromatic rings. The lowest BCUT2D eigenvalue weighted by Crippen LogP contribution is -2.44. The molecule has 3 aromatic carbocycles. The summed E-state index contributed by atoms with van der Waals surface area (Å²) in [6, 6.07) is 25.2. The first-order chi connectivity index (χ1) is 17.0. The molecular weight excluding hydrogens is 474 g/mol. The highest BCUT2D eigenvalue weighted by molar-refractivity contribution is 7.93. The Balaban J connectivity index is 1.76. The number of carbonyl (C=O) groups excluding carboxylic acids is 2. The molecule has 0 aromatic heterocycles. The summed E-state index contributed by atoms with van der Waals surface area (Å²) in [5.74, 6) is -0.677. The number of hydrogen-bond acceptors (Lipinski definition) is 5. The number of ether oxygens (including phenoxy) is 1. The zero-order valence-corrected chi connectivity index (χ0v) is 21.9. The highest BCUT2D eigenvalue weighted by Gasteiger charge is 2.26. The average molecular weight is 508 g/mol. The quantitative estimate of drug-likeness (QED) is 0.424. The maximum Gasteiger partial charge on any atom is 0.408 e. The van der Waals surface area contributed by atoms with Gasteiger partial charge in [-0.3, -0.25) is 4.79 Å². The Hall–Kier alpha value is -3.65. The lowest BCUT2D eigenvalue weighted by atomic mass is 10.1. The van der Waals surface area contributed by atoms with Gasteiger partial charge >= 0.3 is 6.09 Å². The molecule has 0 saturated heterocycles. The minimum atomic E-state index is -3.05. The van der Waals surface area contributed by atoms with E-state index in [0.29, 0.717) is 11.4 Å². The number of rotatable bonds is 8. The van der Waals surface area contributed by atoms with E-state index in [1.807, 2.05) is 72.8 Å². The van der Waals surface area contributed by atoms with Crippen LogP contribution >= 0.6 is 0 Å². The van der Waals surface area contributed by atoms with Crippen molar-refractivity contribution < 1.29 is 18.5 Å². The summed E-state index contributed by atoms with van der Waals surface area (Å²) in [4.78, 5) is 26.0. The molecular formula is C28H33N3O4S. The average Bonchev–Trinajstić information content (AvgIpc) is 2.82. The summed E-state index contributed by atoms with van der Waals surface area (Å²) in [5, 5.41) is 5.91. The molecule has 0 aliphatic heterocycles. The van der Waals surface area contributed by atoms with Crippen LogP contribution in [0, 0.1) is 0 Å². The minimum absolute atomic E-state index is 0.195. The smallest absolute Gasteiger partial charge is 0.408 e. The number of carbonyl (C=O) groups is 2. The Labute approximate surface area is 213 Å². The number of alkyl carbamates (subject to hydrolysis) is 1. The first kappa shape index (κ1) is 26.9. The van der Waals surface area contributed by atoms with E-state index in [1.165, 1.54) is 6.26 Å². The van der Waals surface area contributed by atoms with Gasteiger partial charge in [0.25, 0.3) is 5.91 Å². The highest BCUT2D eigenvalue weighted by atomic mass is 32.2. The number of amides is 2. The van der Waals surface area contributed by atoms with Gasteiger partial charge in [-0.25, -0.2) is 9.00 Å². The van der Waals surface area contributed by atoms with Gasteiger partial charge in [0.2, 0.25) is 0 Å². The molecule has 190 valence electrons. The molecule has 2 atom stereocenters. The molecule has 0 aliphatic rings. The summed E-state index contributed by atoms with van der Waals surface area (Å²) in [6.45, 7) is 5.87. The van der Waals surface area contributed by atoms with Crippen molar-refractivity contribution in [2.75, 3.05) is 11.6 Å². The van der Waals surface area contributed by atoms with Crippen LogP contribution in [0.1, 0.15) is 31.9 Å². The van der Waals surface area contributed by atoms with E-state index in [0.717, 1.165) is 16.8 Å². The van der Waals surface area contributed by atoms with Crippen LogP contribution in [0.2, 0.25) is 0 Å². The van der Waals surface area contributed by atoms with Crippen molar-refractivity contribution in [1.82, 2.24) is 5.32 Å². The Morgan fingerprint density at radius 1 is 0.889 bits per heavy atom. The summed E-state index contributed by atoms with van der Waals surface area (Å²) < 4.78 is 22.8. The second-order valence-electron chi connectivity index (χ2n) is 9.48. The molecule has 0 heterocycles. The molecule has 3 rings (SSSR count). The van der Waals surface area contributed by atoms with Crippen molar-refractivity contribution in [2.24, 2.45) is 4.36 Å². The zero-order chi connectivity index (χ0) is 26.2. The third kappa shape index (κ3) is 8.53. The second kappa shape index (κ2) is 11.9. The van der Waals surface area contributed by atoms with E-state index in [4.69, 9.17) is 4.74 Å². The monoisotopic (exact) mass is 507 g/mol. The minimum Gasteiger partial charge on any atom is -0.444 e. The first-order valence-corrected chi connectivity index (χ1v) is 13.6. The van der Waals surface area contributed by atoms with E-state index in [9.17, 15) is 13.8 Å². The Bertz CT molecular complexity index is 1280. The van der Waals surface area contributed by atoms with Gasteiger partial charge in [-0.1, -0.05) is 60.7 Å². The van der Waals surface area contributed by atoms with E-state index >= 15 is 0 Å². The molecule has 36 heavy (non-hydrogen) atoms. The van der Waals surface area contributed by atoms with Crippen LogP contribution in [-0.4, -0.2) is 34.1 Å². The van der Waals surface area contributed by atoms with Crippen LogP contribution in [0.25, 0.3) is 0 Å². The fraction of sp³-hybridized carbons (Fsp3) is 0.286. The SMILES string of the molecule is CC(C)(C)OC(=O)N[C@@H](Cc1ccccc1)C(=O)N=S(C)(=O)c1ccc(NCc2ccccc2)cc1. The molecule has 7 nitrogen and oxygen atoms in total. The van der Waals surface area contributed by atoms with Crippen molar-refractivity contribution in [3.63, 3.8) is 0 Å². The number of nitrogens with zero attached hydrogens (tertiary/aromatic N) is 1. The van der Waals surface area contributed by atoms with Gasteiger partial charge in [0.05, 0.1) is 9.73 Å². The third-order valence-electron chi connectivity index (χ3n) is 5.17. The number of hydrogen-bond donors (Lipinski definition) is 2. The predicted octanol–water partition coefficient (Wildman–Crippen LogP) is 5.42. The van der Waals surface area contributed by atoms with Crippen molar-refractivity contribution in [1.29, 1.82) is 0 Å². The lowest BCUT2D eigenvalue weighted by molar-refractivity contribution is -0.119. The fourth-order valence-electron chi connectivity index (χ4n) is 3.41. The second-order valence-corrected chi connectivity index (χ2v) is 11.7. The largest absolute Gasteiger partial charge is 0.444 e. The molecule has 2 N–H and O–H groups in total. The summed E-state index contributed by atoms with van der Waals surface area (Å²) in [6.07, 6.45) is 0.883. The van der Waals surface area contributed by atoms with Crippen molar-refractivity contribution in [3.05, 3.63) is 96.1 Å². The fourth-order valence-corrected chi connectivity index (χ4v) is 4.63. The Morgan fingerprint density at radius 2 is 1.44 bits per heavy atom. The maximum absolute atomic E-state index is 13.4. The van der Waals surface area contributed by atoms with Gasteiger partial charge in [0.15, 0.2) is 0 Å². The molecule has 0 spiro atoms. The number of nitrogens with one attached hydrogen (secondary N) is 2. The van der Waals surface area contributed by atoms with E-state index in [-0.39, 0.29) is 6.42 Å². The standard InChI is InChI=1S/C28H33N3O4S/c1-28(2,3)35-27(33)30-25(19-21-11-7-5-8-12-21)26(32)31-36(4,34)24-17-15-23(16-18-24)29-20-22-13-9-6-10-14-22/h5-18,25,29H,19-20H2,1-4H3,(H,30,33)/t25-,36?/m0/s1. The first-order valence-electron chi connectivity index (χ1n) is 11.7. The predicted molar refractivity (Wildman–Crippen MR) is 143 cm³/mol. The molecule has 0 saturated carbocycles. The van der Waals surface area contributed by atoms with E-state index in [1.54, 1.807) is 32.9 Å². The Morgan fingerprint density at radius 3 is 2.00 bits per heavy atom. The van der Waals surface area contributed by atoms with Crippen LogP contribution in [0.5, 0.6) is 0 Å². The maximum atomic E-state index is 13.4. The molecule has 2 amide bonds. The van der Waals surface area contributed by atoms with Crippen LogP contribution in [0.15, 0.2) is 94.2 Å². The van der Waals surface area contributed by atoms with Crippen molar-refractivity contribution in [2.45, 2.75) is 50.3 Å². The molecule has 0 bridgehead atoms. The lowest BCUT2D eigenvalue weighted by Gasteiger charge is -2.22. The van der Waals surface area contributed by atoms with Crippen LogP contribution in [0.3, 0.4) is 0 Å². The number of anilines is 1. The molecule has 0 fully saturated rings. The van der Waals surface area contributed by atoms with Crippen LogP contribution in [0.4, 0.5) is 10.5 Å². The topological polar surface area (TPSA) is 96.9 Å². The van der Waals surface area contributed by atoms with E-state index < -0.39 is 33.4 Å². The van der Waals surface area contributed by atoms with Crippen LogP contribution in [-0.2, 0) is 32.2 Å². The molecule has 0 aliphatic carbocycles. The van der Waals surface area contributed by atoms with Gasteiger partial charge in [0.1, 0.15) is 11.6 Å². The molecule has 1 unspecified atom stereocenters. The van der Waals surface area contributed by atoms with Crippen molar-refractivity contribution >= 4 is 27.4 Å². The molecule has 8 heteroatoms. The van der Waals surface area contributed by atoms with Gasteiger partial charge in [-0.05, 0) is 56.2 Å². The van der Waals surface area contributed by atoms with Gasteiger partial charge < -0.3 is 15.4 Å². The summed E-state index contributed by atoms with van der Waals surface area (Å²) >= 11 is 0.